The van der Waals surface area contributed by atoms with E-state index >= 15 is 0 Å². The molecule has 1 aliphatic carbocycles. The first-order valence-electron chi connectivity index (χ1n) is 7.03. The number of aryl methyl sites for hydroxylation is 1. The number of carboxylic acid groups (broad SMARTS) is 1. The molecule has 1 amide bonds. The van der Waals surface area contributed by atoms with Gasteiger partial charge in [0.2, 0.25) is 5.91 Å². The Hall–Kier alpha value is -1.63. The summed E-state index contributed by atoms with van der Waals surface area (Å²) in [5, 5.41) is 12.4. The number of nitrogens with one attached hydrogen (secondary N) is 1. The second kappa shape index (κ2) is 7.40. The van der Waals surface area contributed by atoms with Crippen molar-refractivity contribution >= 4 is 23.6 Å². The Balaban J connectivity index is 2.08. The normalized spacial score (nSPS) is 15.7. The number of carboxylic acids is 1. The molecule has 21 heavy (non-hydrogen) atoms. The molecule has 0 spiro atoms. The molecule has 2 rings (SSSR count). The van der Waals surface area contributed by atoms with Crippen LogP contribution in [0.1, 0.15) is 37.4 Å². The molecule has 6 nitrogen and oxygen atoms in total. The Labute approximate surface area is 127 Å². The van der Waals surface area contributed by atoms with Crippen molar-refractivity contribution in [3.8, 4) is 0 Å². The van der Waals surface area contributed by atoms with Crippen LogP contribution in [-0.4, -0.2) is 38.7 Å². The molecule has 1 atom stereocenters. The number of aromatic nitrogens is 2. The van der Waals surface area contributed by atoms with Gasteiger partial charge in [-0.3, -0.25) is 4.79 Å². The summed E-state index contributed by atoms with van der Waals surface area (Å²) in [5.41, 5.74) is 2.23. The number of nitrogens with zero attached hydrogens (tertiary/aromatic N) is 2. The van der Waals surface area contributed by atoms with Crippen molar-refractivity contribution in [3.63, 3.8) is 0 Å². The highest BCUT2D eigenvalue weighted by molar-refractivity contribution is 7.99. The number of aliphatic carboxylic acids is 1. The standard InChI is InChI=1S/C14H19N3O3S/c1-9(18)17-12(14(19)20)7-21-13-10-5-3-2-4-6-11(10)15-8-16-13/h8,12H,2-7H2,1H3,(H,17,18)(H,19,20)/t12-/m0/s1. The van der Waals surface area contributed by atoms with Crippen LogP contribution in [0.5, 0.6) is 0 Å². The molecule has 0 bridgehead atoms. The van der Waals surface area contributed by atoms with Crippen LogP contribution < -0.4 is 5.32 Å². The van der Waals surface area contributed by atoms with Crippen molar-refractivity contribution < 1.29 is 14.7 Å². The predicted molar refractivity (Wildman–Crippen MR) is 79.3 cm³/mol. The number of carbonyl (C=O) groups is 2. The lowest BCUT2D eigenvalue weighted by Gasteiger charge is -2.14. The maximum absolute atomic E-state index is 11.1. The van der Waals surface area contributed by atoms with E-state index in [2.05, 4.69) is 15.3 Å². The van der Waals surface area contributed by atoms with Crippen LogP contribution in [0, 0.1) is 0 Å². The largest absolute Gasteiger partial charge is 0.480 e. The molecular weight excluding hydrogens is 290 g/mol. The number of carbonyl (C=O) groups excluding carboxylic acids is 1. The van der Waals surface area contributed by atoms with Gasteiger partial charge in [-0.05, 0) is 25.7 Å². The molecule has 0 saturated carbocycles. The van der Waals surface area contributed by atoms with Gasteiger partial charge >= 0.3 is 5.97 Å². The summed E-state index contributed by atoms with van der Waals surface area (Å²) in [6.07, 6.45) is 6.88. The number of hydrogen-bond acceptors (Lipinski definition) is 5. The predicted octanol–water partition coefficient (Wildman–Crippen LogP) is 1.43. The number of fused-ring (bicyclic) bond motifs is 1. The molecule has 0 aliphatic heterocycles. The van der Waals surface area contributed by atoms with Crippen molar-refractivity contribution in [1.82, 2.24) is 15.3 Å². The van der Waals surface area contributed by atoms with E-state index in [1.807, 2.05) is 0 Å². The van der Waals surface area contributed by atoms with Crippen LogP contribution in [0.2, 0.25) is 0 Å². The fraction of sp³-hybridized carbons (Fsp3) is 0.571. The maximum atomic E-state index is 11.1. The third kappa shape index (κ3) is 4.42. The summed E-state index contributed by atoms with van der Waals surface area (Å²) in [4.78, 5) is 30.8. The van der Waals surface area contributed by atoms with Gasteiger partial charge in [0.1, 0.15) is 17.4 Å². The number of amides is 1. The van der Waals surface area contributed by atoms with Crippen molar-refractivity contribution in [1.29, 1.82) is 0 Å². The molecule has 1 aromatic rings. The lowest BCUT2D eigenvalue weighted by Crippen LogP contribution is -2.41. The lowest BCUT2D eigenvalue weighted by atomic mass is 10.1. The Morgan fingerprint density at radius 2 is 2.10 bits per heavy atom. The molecule has 114 valence electrons. The molecule has 0 fully saturated rings. The Bertz CT molecular complexity index is 536. The van der Waals surface area contributed by atoms with Crippen molar-refractivity contribution in [2.45, 2.75) is 50.1 Å². The smallest absolute Gasteiger partial charge is 0.327 e. The van der Waals surface area contributed by atoms with Crippen LogP contribution in [0.3, 0.4) is 0 Å². The van der Waals surface area contributed by atoms with Gasteiger partial charge in [-0.25, -0.2) is 14.8 Å². The minimum absolute atomic E-state index is 0.262. The lowest BCUT2D eigenvalue weighted by molar-refractivity contribution is -0.140. The third-order valence-corrected chi connectivity index (χ3v) is 4.52. The number of thioether (sulfide) groups is 1. The Kier molecular flexibility index (Phi) is 5.55. The van der Waals surface area contributed by atoms with Gasteiger partial charge < -0.3 is 10.4 Å². The summed E-state index contributed by atoms with van der Waals surface area (Å²) < 4.78 is 0. The minimum Gasteiger partial charge on any atom is -0.480 e. The van der Waals surface area contributed by atoms with Crippen LogP contribution in [-0.2, 0) is 22.4 Å². The number of rotatable bonds is 5. The summed E-state index contributed by atoms with van der Waals surface area (Å²) in [6.45, 7) is 1.32. The van der Waals surface area contributed by atoms with Gasteiger partial charge in [-0.2, -0.15) is 0 Å². The highest BCUT2D eigenvalue weighted by Gasteiger charge is 2.21. The fourth-order valence-corrected chi connectivity index (χ4v) is 3.44. The average molecular weight is 309 g/mol. The Morgan fingerprint density at radius 1 is 1.33 bits per heavy atom. The fourth-order valence-electron chi connectivity index (χ4n) is 2.37. The van der Waals surface area contributed by atoms with E-state index < -0.39 is 12.0 Å². The van der Waals surface area contributed by atoms with Gasteiger partial charge in [0.05, 0.1) is 0 Å². The van der Waals surface area contributed by atoms with Gasteiger partial charge in [0, 0.05) is 23.9 Å². The first-order chi connectivity index (χ1) is 10.1. The molecule has 1 aromatic heterocycles. The summed E-state index contributed by atoms with van der Waals surface area (Å²) >= 11 is 1.38. The molecule has 1 heterocycles. The van der Waals surface area contributed by atoms with Crippen LogP contribution in [0.4, 0.5) is 0 Å². The van der Waals surface area contributed by atoms with Crippen LogP contribution in [0.15, 0.2) is 11.4 Å². The van der Waals surface area contributed by atoms with Crippen LogP contribution >= 0.6 is 11.8 Å². The SMILES string of the molecule is CC(=O)N[C@@H](CSc1ncnc2c1CCCCC2)C(=O)O. The highest BCUT2D eigenvalue weighted by atomic mass is 32.2. The quantitative estimate of drug-likeness (QED) is 0.485. The zero-order valence-electron chi connectivity index (χ0n) is 12.0. The van der Waals surface area contributed by atoms with Gasteiger partial charge in [-0.15, -0.1) is 11.8 Å². The van der Waals surface area contributed by atoms with E-state index in [-0.39, 0.29) is 11.7 Å². The molecule has 2 N–H and O–H groups in total. The molecule has 0 unspecified atom stereocenters. The van der Waals surface area contributed by atoms with E-state index in [1.54, 1.807) is 6.33 Å². The van der Waals surface area contributed by atoms with Crippen molar-refractivity contribution in [3.05, 3.63) is 17.6 Å². The van der Waals surface area contributed by atoms with E-state index in [4.69, 9.17) is 5.11 Å². The zero-order chi connectivity index (χ0) is 15.2. The first-order valence-corrected chi connectivity index (χ1v) is 8.02. The van der Waals surface area contributed by atoms with Crippen molar-refractivity contribution in [2.75, 3.05) is 5.75 Å². The van der Waals surface area contributed by atoms with E-state index in [1.165, 1.54) is 25.1 Å². The summed E-state index contributed by atoms with van der Waals surface area (Å²) in [6, 6.07) is -0.899. The second-order valence-corrected chi connectivity index (χ2v) is 6.08. The van der Waals surface area contributed by atoms with Crippen molar-refractivity contribution in [2.24, 2.45) is 0 Å². The van der Waals surface area contributed by atoms with Gasteiger partial charge in [0.15, 0.2) is 0 Å². The van der Waals surface area contributed by atoms with Crippen LogP contribution in [0.25, 0.3) is 0 Å². The maximum Gasteiger partial charge on any atom is 0.327 e. The molecule has 0 radical (unpaired) electrons. The summed E-state index contributed by atoms with van der Waals surface area (Å²) in [5.74, 6) is -1.11. The van der Waals surface area contributed by atoms with Gasteiger partial charge in [-0.1, -0.05) is 6.42 Å². The topological polar surface area (TPSA) is 92.2 Å². The van der Waals surface area contributed by atoms with Gasteiger partial charge in [0.25, 0.3) is 0 Å². The zero-order valence-corrected chi connectivity index (χ0v) is 12.8. The summed E-state index contributed by atoms with van der Waals surface area (Å²) in [7, 11) is 0. The first kappa shape index (κ1) is 15.8. The highest BCUT2D eigenvalue weighted by Crippen LogP contribution is 2.27. The number of hydrogen-bond donors (Lipinski definition) is 2. The monoisotopic (exact) mass is 309 g/mol. The molecular formula is C14H19N3O3S. The molecule has 1 aliphatic rings. The Morgan fingerprint density at radius 3 is 2.81 bits per heavy atom. The van der Waals surface area contributed by atoms with E-state index in [9.17, 15) is 9.59 Å². The molecule has 0 aromatic carbocycles. The molecule has 7 heteroatoms. The second-order valence-electron chi connectivity index (χ2n) is 5.07. The average Bonchev–Trinajstić information content (AvgIpc) is 2.68. The van der Waals surface area contributed by atoms with E-state index in [0.717, 1.165) is 42.0 Å². The third-order valence-electron chi connectivity index (χ3n) is 3.40. The van der Waals surface area contributed by atoms with E-state index in [0.29, 0.717) is 0 Å². The molecule has 0 saturated heterocycles. The minimum atomic E-state index is -1.03.